The predicted molar refractivity (Wildman–Crippen MR) is 135 cm³/mol. The summed E-state index contributed by atoms with van der Waals surface area (Å²) in [6.07, 6.45) is 0.684. The summed E-state index contributed by atoms with van der Waals surface area (Å²) in [7, 11) is -2.77. The molecule has 0 fully saturated rings. The van der Waals surface area contributed by atoms with Crippen LogP contribution in [0.25, 0.3) is 0 Å². The Morgan fingerprint density at radius 3 is 2.39 bits per heavy atom. The van der Waals surface area contributed by atoms with Crippen LogP contribution in [0.2, 0.25) is 0 Å². The van der Waals surface area contributed by atoms with Gasteiger partial charge in [-0.3, -0.25) is 15.0 Å². The third-order valence-corrected chi connectivity index (χ3v) is 6.50. The number of hydrogen-bond acceptors (Lipinski definition) is 7. The maximum Gasteiger partial charge on any atom is 0.256 e. The van der Waals surface area contributed by atoms with Crippen LogP contribution in [0.1, 0.15) is 24.0 Å². The molecular weight excluding hydrogens is 486 g/mol. The lowest BCUT2D eigenvalue weighted by Crippen LogP contribution is -2.56. The standard InChI is InChI=1S/C23H33N7O5S/c1-15-10-11-19(35-2)20(13-15)36(33,34)30-29-17(9-6-12-27-23(25)26)22(32)28-18(21(24)31)14-16-7-4-3-5-8-16/h3-5,7-8,10-11,13,17-18,29-30H,6,9,12,14H2,1-2H3,(H2,24,31)(H,28,32)(H4,25,26,27)/t17-,18-/m0/s1. The largest absolute Gasteiger partial charge is 0.495 e. The molecule has 0 heterocycles. The number of sulfonamides is 1. The Kier molecular flexibility index (Phi) is 10.6. The molecule has 2 rings (SSSR count). The number of ether oxygens (including phenoxy) is 1. The van der Waals surface area contributed by atoms with Crippen LogP contribution >= 0.6 is 0 Å². The average Bonchev–Trinajstić information content (AvgIpc) is 2.83. The van der Waals surface area contributed by atoms with Crippen molar-refractivity contribution in [3.63, 3.8) is 0 Å². The first-order chi connectivity index (χ1) is 17.0. The van der Waals surface area contributed by atoms with E-state index in [9.17, 15) is 18.0 Å². The highest BCUT2D eigenvalue weighted by atomic mass is 32.2. The summed E-state index contributed by atoms with van der Waals surface area (Å²) in [4.78, 5) is 27.2. The van der Waals surface area contributed by atoms with Crippen molar-refractivity contribution in [1.82, 2.24) is 20.9 Å². The van der Waals surface area contributed by atoms with E-state index in [2.05, 4.69) is 20.9 Å². The summed E-state index contributed by atoms with van der Waals surface area (Å²) in [6, 6.07) is 11.6. The summed E-state index contributed by atoms with van der Waals surface area (Å²) in [5, 5.41) is 12.5. The lowest BCUT2D eigenvalue weighted by atomic mass is 10.0. The number of primary amides is 1. The number of aryl methyl sites for hydroxylation is 1. The SMILES string of the molecule is COc1ccc(C)cc1S(=O)(=O)NN[C@@H](CCCNC(=N)N)C(=O)N[C@@H](Cc1ccccc1)C(N)=O. The molecule has 0 saturated heterocycles. The third-order valence-electron chi connectivity index (χ3n) is 5.22. The number of methoxy groups -OCH3 is 1. The Labute approximate surface area is 210 Å². The number of amides is 2. The molecule has 2 aromatic rings. The van der Waals surface area contributed by atoms with Gasteiger partial charge in [0.1, 0.15) is 22.7 Å². The van der Waals surface area contributed by atoms with Crippen molar-refractivity contribution < 1.29 is 22.7 Å². The fourth-order valence-electron chi connectivity index (χ4n) is 3.34. The predicted octanol–water partition coefficient (Wildman–Crippen LogP) is -0.369. The molecule has 2 aromatic carbocycles. The molecule has 12 nitrogen and oxygen atoms in total. The van der Waals surface area contributed by atoms with Gasteiger partial charge in [-0.25, -0.2) is 13.8 Å². The molecule has 0 aromatic heterocycles. The van der Waals surface area contributed by atoms with Gasteiger partial charge in [0, 0.05) is 13.0 Å². The zero-order chi connectivity index (χ0) is 26.7. The Balaban J connectivity index is 2.17. The van der Waals surface area contributed by atoms with E-state index in [1.54, 1.807) is 37.3 Å². The molecule has 196 valence electrons. The van der Waals surface area contributed by atoms with Crippen LogP contribution in [-0.4, -0.2) is 51.9 Å². The van der Waals surface area contributed by atoms with Crippen molar-refractivity contribution >= 4 is 27.8 Å². The number of benzene rings is 2. The van der Waals surface area contributed by atoms with Crippen molar-refractivity contribution in [2.45, 2.75) is 43.2 Å². The third kappa shape index (κ3) is 8.83. The fraction of sp³-hybridized carbons (Fsp3) is 0.348. The number of nitrogens with one attached hydrogen (secondary N) is 5. The highest BCUT2D eigenvalue weighted by Crippen LogP contribution is 2.24. The number of hydrazine groups is 1. The number of rotatable bonds is 14. The molecule has 0 aliphatic carbocycles. The van der Waals surface area contributed by atoms with Gasteiger partial charge in [-0.05, 0) is 43.0 Å². The lowest BCUT2D eigenvalue weighted by Gasteiger charge is -2.23. The van der Waals surface area contributed by atoms with Gasteiger partial charge in [0.2, 0.25) is 11.8 Å². The summed E-state index contributed by atoms with van der Waals surface area (Å²) >= 11 is 0. The molecule has 2 atom stereocenters. The minimum atomic E-state index is -4.12. The molecule has 0 spiro atoms. The van der Waals surface area contributed by atoms with Gasteiger partial charge in [0.05, 0.1) is 7.11 Å². The summed E-state index contributed by atoms with van der Waals surface area (Å²) < 4.78 is 31.1. The van der Waals surface area contributed by atoms with Crippen LogP contribution in [0.15, 0.2) is 53.4 Å². The van der Waals surface area contributed by atoms with Crippen LogP contribution in [0.5, 0.6) is 5.75 Å². The van der Waals surface area contributed by atoms with Gasteiger partial charge in [-0.1, -0.05) is 36.4 Å². The molecule has 0 aliphatic rings. The first-order valence-corrected chi connectivity index (χ1v) is 12.6. The molecule has 2 amide bonds. The van der Waals surface area contributed by atoms with Gasteiger partial charge in [0.15, 0.2) is 5.96 Å². The van der Waals surface area contributed by atoms with Gasteiger partial charge in [0.25, 0.3) is 10.0 Å². The van der Waals surface area contributed by atoms with E-state index >= 15 is 0 Å². The van der Waals surface area contributed by atoms with Crippen molar-refractivity contribution in [2.75, 3.05) is 13.7 Å². The van der Waals surface area contributed by atoms with Crippen molar-refractivity contribution in [3.8, 4) is 5.75 Å². The zero-order valence-corrected chi connectivity index (χ0v) is 21.0. The first kappa shape index (κ1) is 28.6. The lowest BCUT2D eigenvalue weighted by molar-refractivity contribution is -0.128. The van der Waals surface area contributed by atoms with Crippen LogP contribution in [0.3, 0.4) is 0 Å². The number of hydrogen-bond donors (Lipinski definition) is 7. The van der Waals surface area contributed by atoms with Gasteiger partial charge >= 0.3 is 0 Å². The molecule has 0 radical (unpaired) electrons. The molecule has 0 unspecified atom stereocenters. The minimum absolute atomic E-state index is 0.103. The van der Waals surface area contributed by atoms with E-state index in [0.29, 0.717) is 12.0 Å². The Morgan fingerprint density at radius 1 is 1.08 bits per heavy atom. The molecule has 36 heavy (non-hydrogen) atoms. The molecule has 0 saturated carbocycles. The maximum absolute atomic E-state index is 13.1. The number of nitrogens with two attached hydrogens (primary N) is 2. The monoisotopic (exact) mass is 519 g/mol. The topological polar surface area (TPSA) is 202 Å². The van der Waals surface area contributed by atoms with E-state index < -0.39 is 33.9 Å². The van der Waals surface area contributed by atoms with Crippen molar-refractivity contribution in [3.05, 3.63) is 59.7 Å². The number of carbonyl (C=O) groups excluding carboxylic acids is 2. The van der Waals surface area contributed by atoms with Crippen LogP contribution in [0, 0.1) is 12.3 Å². The fourth-order valence-corrected chi connectivity index (χ4v) is 4.51. The Bertz CT molecular complexity index is 1160. The zero-order valence-electron chi connectivity index (χ0n) is 20.2. The Hall–Kier alpha value is -3.68. The van der Waals surface area contributed by atoms with Gasteiger partial charge < -0.3 is 26.8 Å². The first-order valence-electron chi connectivity index (χ1n) is 11.2. The second kappa shape index (κ2) is 13.4. The second-order valence-electron chi connectivity index (χ2n) is 8.09. The minimum Gasteiger partial charge on any atom is -0.495 e. The average molecular weight is 520 g/mol. The van der Waals surface area contributed by atoms with Crippen LogP contribution in [0.4, 0.5) is 0 Å². The van der Waals surface area contributed by atoms with Crippen LogP contribution in [-0.2, 0) is 26.0 Å². The van der Waals surface area contributed by atoms with Crippen molar-refractivity contribution in [2.24, 2.45) is 11.5 Å². The molecule has 13 heteroatoms. The molecule has 0 bridgehead atoms. The summed E-state index contributed by atoms with van der Waals surface area (Å²) in [5.74, 6) is -1.45. The molecular formula is C23H33N7O5S. The van der Waals surface area contributed by atoms with Gasteiger partial charge in [-0.15, -0.1) is 4.83 Å². The second-order valence-corrected chi connectivity index (χ2v) is 9.74. The van der Waals surface area contributed by atoms with Crippen LogP contribution < -0.4 is 37.1 Å². The van der Waals surface area contributed by atoms with Crippen molar-refractivity contribution in [1.29, 1.82) is 5.41 Å². The molecule has 0 aliphatic heterocycles. The van der Waals surface area contributed by atoms with E-state index in [4.69, 9.17) is 21.6 Å². The quantitative estimate of drug-likeness (QED) is 0.0758. The number of guanidine groups is 1. The van der Waals surface area contributed by atoms with E-state index in [1.807, 2.05) is 6.07 Å². The highest BCUT2D eigenvalue weighted by molar-refractivity contribution is 7.89. The maximum atomic E-state index is 13.1. The van der Waals surface area contributed by atoms with E-state index in [1.165, 1.54) is 19.2 Å². The molecule has 9 N–H and O–H groups in total. The summed E-state index contributed by atoms with van der Waals surface area (Å²) in [6.45, 7) is 2.02. The Morgan fingerprint density at radius 2 is 1.78 bits per heavy atom. The van der Waals surface area contributed by atoms with Gasteiger partial charge in [-0.2, -0.15) is 0 Å². The summed E-state index contributed by atoms with van der Waals surface area (Å²) in [5.41, 5.74) is 14.8. The smallest absolute Gasteiger partial charge is 0.256 e. The van der Waals surface area contributed by atoms with E-state index in [-0.39, 0.29) is 36.0 Å². The highest BCUT2D eigenvalue weighted by Gasteiger charge is 2.27. The number of carbonyl (C=O) groups is 2. The normalized spacial score (nSPS) is 12.8. The van der Waals surface area contributed by atoms with E-state index in [0.717, 1.165) is 5.56 Å².